The molecule has 8 atom stereocenters. The molecule has 3 saturated carbocycles. The summed E-state index contributed by atoms with van der Waals surface area (Å²) in [5, 5.41) is 12.4. The molecule has 0 unspecified atom stereocenters. The number of aliphatic hydroxyl groups excluding tert-OH is 1. The molecule has 29 heavy (non-hydrogen) atoms. The van der Waals surface area contributed by atoms with E-state index in [2.05, 4.69) is 42.8 Å². The highest BCUT2D eigenvalue weighted by molar-refractivity contribution is 7.03. The van der Waals surface area contributed by atoms with Gasteiger partial charge in [-0.15, -0.1) is 0 Å². The van der Waals surface area contributed by atoms with E-state index < -0.39 is 0 Å². The summed E-state index contributed by atoms with van der Waals surface area (Å²) in [6.07, 6.45) is 17.3. The summed E-state index contributed by atoms with van der Waals surface area (Å²) in [6.45, 7) is 7.75. The zero-order chi connectivity index (χ0) is 20.2. The van der Waals surface area contributed by atoms with Crippen LogP contribution >= 0.6 is 11.5 Å². The van der Waals surface area contributed by atoms with Crippen LogP contribution in [0.5, 0.6) is 0 Å². The Balaban J connectivity index is 1.33. The van der Waals surface area contributed by atoms with Gasteiger partial charge in [-0.3, -0.25) is 0 Å². The number of aromatic nitrogens is 1. The lowest BCUT2D eigenvalue weighted by atomic mass is 9.47. The van der Waals surface area contributed by atoms with Crippen molar-refractivity contribution >= 4 is 11.5 Å². The van der Waals surface area contributed by atoms with Gasteiger partial charge in [-0.25, -0.2) is 4.37 Å². The van der Waals surface area contributed by atoms with Crippen molar-refractivity contribution in [2.24, 2.45) is 40.4 Å². The number of aliphatic hydroxyl groups is 1. The Hall–Kier alpha value is -0.670. The van der Waals surface area contributed by atoms with Crippen LogP contribution in [0, 0.1) is 40.4 Å². The molecule has 4 aliphatic rings. The smallest absolute Gasteiger partial charge is 0.0577 e. The van der Waals surface area contributed by atoms with Crippen molar-refractivity contribution in [1.82, 2.24) is 4.37 Å². The second-order valence-corrected chi connectivity index (χ2v) is 12.1. The second-order valence-electron chi connectivity index (χ2n) is 11.4. The zero-order valence-electron chi connectivity index (χ0n) is 18.6. The van der Waals surface area contributed by atoms with E-state index in [-0.39, 0.29) is 6.10 Å². The van der Waals surface area contributed by atoms with Crippen molar-refractivity contribution in [1.29, 1.82) is 0 Å². The highest BCUT2D eigenvalue weighted by Gasteiger charge is 2.59. The van der Waals surface area contributed by atoms with Gasteiger partial charge in [0.05, 0.1) is 6.10 Å². The van der Waals surface area contributed by atoms with Crippen LogP contribution in [0.4, 0.5) is 0 Å². The number of hydrogen-bond donors (Lipinski definition) is 1. The average molecular weight is 414 g/mol. The minimum Gasteiger partial charge on any atom is -0.393 e. The van der Waals surface area contributed by atoms with E-state index in [1.165, 1.54) is 56.9 Å². The second kappa shape index (κ2) is 7.48. The molecule has 1 aromatic rings. The molecule has 1 heterocycles. The van der Waals surface area contributed by atoms with Gasteiger partial charge in [0.2, 0.25) is 0 Å². The Morgan fingerprint density at radius 2 is 2.03 bits per heavy atom. The molecule has 1 N–H and O–H groups in total. The minimum atomic E-state index is -0.0881. The van der Waals surface area contributed by atoms with Crippen LogP contribution in [0.25, 0.3) is 0 Å². The number of fused-ring (bicyclic) bond motifs is 5. The standard InChI is InChI=1S/C26H39NOS/c1-17(4-5-18-15-27-29-16-18)22-8-9-23-21-7-6-19-14-20(28)10-12-25(19,2)24(21)11-13-26(22,23)3/h6,15-17,20-24,28H,4-5,7-14H2,1-3H3/t17-,20+,21+,22-,23+,24+,25+,26-/m1/s1. The third-order valence-electron chi connectivity index (χ3n) is 10.2. The maximum atomic E-state index is 10.2. The summed E-state index contributed by atoms with van der Waals surface area (Å²) in [6, 6.07) is 0. The van der Waals surface area contributed by atoms with E-state index in [1.807, 2.05) is 0 Å². The molecule has 0 amide bonds. The highest BCUT2D eigenvalue weighted by atomic mass is 32.1. The van der Waals surface area contributed by atoms with E-state index in [9.17, 15) is 5.11 Å². The van der Waals surface area contributed by atoms with Crippen molar-refractivity contribution in [3.63, 3.8) is 0 Å². The molecule has 0 saturated heterocycles. The summed E-state index contributed by atoms with van der Waals surface area (Å²) in [5.41, 5.74) is 3.96. The maximum absolute atomic E-state index is 10.2. The third kappa shape index (κ3) is 3.26. The molecule has 3 fully saturated rings. The number of aryl methyl sites for hydroxylation is 1. The minimum absolute atomic E-state index is 0.0881. The van der Waals surface area contributed by atoms with Crippen molar-refractivity contribution in [2.75, 3.05) is 0 Å². The molecule has 1 aromatic heterocycles. The predicted octanol–water partition coefficient (Wildman–Crippen LogP) is 6.65. The Labute approximate surface area is 181 Å². The first-order valence-electron chi connectivity index (χ1n) is 12.2. The summed E-state index contributed by atoms with van der Waals surface area (Å²) in [5.74, 6) is 4.37. The summed E-state index contributed by atoms with van der Waals surface area (Å²) in [7, 11) is 0. The van der Waals surface area contributed by atoms with Crippen LogP contribution in [0.1, 0.15) is 84.1 Å². The molecule has 160 valence electrons. The molecule has 0 radical (unpaired) electrons. The Kier molecular flexibility index (Phi) is 5.22. The van der Waals surface area contributed by atoms with Gasteiger partial charge in [0, 0.05) is 11.6 Å². The van der Waals surface area contributed by atoms with Gasteiger partial charge in [-0.2, -0.15) is 0 Å². The zero-order valence-corrected chi connectivity index (χ0v) is 19.4. The molecule has 0 aromatic carbocycles. The maximum Gasteiger partial charge on any atom is 0.0577 e. The lowest BCUT2D eigenvalue weighted by Gasteiger charge is -2.58. The van der Waals surface area contributed by atoms with Crippen LogP contribution in [-0.4, -0.2) is 15.6 Å². The van der Waals surface area contributed by atoms with E-state index in [4.69, 9.17) is 0 Å². The molecular formula is C26H39NOS. The topological polar surface area (TPSA) is 33.1 Å². The highest BCUT2D eigenvalue weighted by Crippen LogP contribution is 2.67. The lowest BCUT2D eigenvalue weighted by Crippen LogP contribution is -2.50. The first-order valence-corrected chi connectivity index (χ1v) is 13.0. The van der Waals surface area contributed by atoms with E-state index in [0.717, 1.165) is 42.4 Å². The van der Waals surface area contributed by atoms with Gasteiger partial charge in [-0.1, -0.05) is 32.4 Å². The SMILES string of the molecule is C[C@H](CCc1cnsc1)[C@H]1CC[C@H]2[C@@H]3CC=C4C[C@@H](O)CC[C@]4(C)[C@H]3CC[C@]12C. The van der Waals surface area contributed by atoms with Gasteiger partial charge >= 0.3 is 0 Å². The third-order valence-corrected chi connectivity index (χ3v) is 10.8. The van der Waals surface area contributed by atoms with Gasteiger partial charge in [0.25, 0.3) is 0 Å². The fourth-order valence-electron chi connectivity index (χ4n) is 8.56. The summed E-state index contributed by atoms with van der Waals surface area (Å²) >= 11 is 1.59. The molecule has 3 heteroatoms. The van der Waals surface area contributed by atoms with Gasteiger partial charge in [-0.05, 0) is 122 Å². The largest absolute Gasteiger partial charge is 0.393 e. The van der Waals surface area contributed by atoms with Crippen LogP contribution in [0.15, 0.2) is 23.2 Å². The average Bonchev–Trinajstić information content (AvgIpc) is 3.34. The van der Waals surface area contributed by atoms with Crippen LogP contribution < -0.4 is 0 Å². The Morgan fingerprint density at radius 3 is 2.83 bits per heavy atom. The molecular weight excluding hydrogens is 374 g/mol. The molecule has 0 spiro atoms. The fourth-order valence-corrected chi connectivity index (χ4v) is 9.13. The Bertz CT molecular complexity index is 757. The van der Waals surface area contributed by atoms with Crippen LogP contribution in [-0.2, 0) is 6.42 Å². The number of allylic oxidation sites excluding steroid dienone is 1. The number of rotatable bonds is 4. The van der Waals surface area contributed by atoms with Gasteiger partial charge in [0.1, 0.15) is 0 Å². The van der Waals surface area contributed by atoms with Gasteiger partial charge < -0.3 is 5.11 Å². The fraction of sp³-hybridized carbons (Fsp3) is 0.808. The Morgan fingerprint density at radius 1 is 1.17 bits per heavy atom. The summed E-state index contributed by atoms with van der Waals surface area (Å²) < 4.78 is 4.29. The molecule has 5 rings (SSSR count). The number of nitrogens with zero attached hydrogens (tertiary/aromatic N) is 1. The van der Waals surface area contributed by atoms with Gasteiger partial charge in [0.15, 0.2) is 0 Å². The quantitative estimate of drug-likeness (QED) is 0.560. The molecule has 0 aliphatic heterocycles. The van der Waals surface area contributed by atoms with Crippen molar-refractivity contribution in [3.8, 4) is 0 Å². The lowest BCUT2D eigenvalue weighted by molar-refractivity contribution is -0.0571. The van der Waals surface area contributed by atoms with Crippen molar-refractivity contribution in [3.05, 3.63) is 28.8 Å². The first-order chi connectivity index (χ1) is 13.9. The van der Waals surface area contributed by atoms with Crippen molar-refractivity contribution < 1.29 is 5.11 Å². The number of hydrogen-bond acceptors (Lipinski definition) is 3. The van der Waals surface area contributed by atoms with E-state index >= 15 is 0 Å². The predicted molar refractivity (Wildman–Crippen MR) is 121 cm³/mol. The monoisotopic (exact) mass is 413 g/mol. The molecule has 2 nitrogen and oxygen atoms in total. The summed E-state index contributed by atoms with van der Waals surface area (Å²) in [4.78, 5) is 0. The molecule has 4 aliphatic carbocycles. The van der Waals surface area contributed by atoms with E-state index in [0.29, 0.717) is 10.8 Å². The van der Waals surface area contributed by atoms with Crippen molar-refractivity contribution in [2.45, 2.75) is 91.1 Å². The normalized spacial score (nSPS) is 45.1. The van der Waals surface area contributed by atoms with E-state index in [1.54, 1.807) is 17.1 Å². The van der Waals surface area contributed by atoms with Crippen LogP contribution in [0.3, 0.4) is 0 Å². The van der Waals surface area contributed by atoms with Crippen LogP contribution in [0.2, 0.25) is 0 Å². The molecule has 0 bridgehead atoms. The first kappa shape index (κ1) is 20.2.